The maximum atomic E-state index is 14.7. The number of carbonyl (C=O) groups excluding carboxylic acids is 3. The number of nitrogens with zero attached hydrogens (tertiary/aromatic N) is 4. The summed E-state index contributed by atoms with van der Waals surface area (Å²) in [7, 11) is 1.70. The van der Waals surface area contributed by atoms with Gasteiger partial charge in [0.05, 0.1) is 29.8 Å². The zero-order valence-electron chi connectivity index (χ0n) is 35.5. The number of fused-ring (bicyclic) bond motifs is 6. The summed E-state index contributed by atoms with van der Waals surface area (Å²) in [5.74, 6) is -0.338. The number of thiazole rings is 1. The zero-order chi connectivity index (χ0) is 41.5. The molecule has 2 fully saturated rings. The van der Waals surface area contributed by atoms with Gasteiger partial charge in [-0.05, 0) is 87.1 Å². The Kier molecular flexibility index (Phi) is 12.4. The van der Waals surface area contributed by atoms with Gasteiger partial charge in [0, 0.05) is 71.7 Å². The van der Waals surface area contributed by atoms with Gasteiger partial charge in [0.25, 0.3) is 5.91 Å². The summed E-state index contributed by atoms with van der Waals surface area (Å²) in [6.45, 7) is 18.4. The molecule has 1 aromatic carbocycles. The standard InChI is InChI=1S/C45H60N6O6S/c1-10-50-35-16-15-29-21-31(35)32(39(50)30-13-11-18-46-37(30)28(6)55-9)22-45(7,8)24-57-44(54)33-14-12-19-51(49-33)43(53)38(48-41(52)36-26(4)27(36)5)40(56-20-17-25(2)3)42-47-34(29)23-58-42/h11,13,15-16,18,21,23,25-28,33,36,38,40,49H,10,12,14,17,19-20,22,24H2,1-9H3,(H,48,52)/t26-,27+,28-,33-,36+,38-,40-/m0/s1. The maximum absolute atomic E-state index is 14.7. The SMILES string of the molecule is CCn1c(-c2cccnc2[C@H](C)OC)c2c3cc(ccc31)-c1csc(n1)[C@@H](OCCC(C)C)[C@H](NC(=O)[C@H]1[C@H](C)[C@@H]1C)C(=O)N1CCC[C@H](N1)C(=O)OCC(C)(C)C2. The molecule has 12 nitrogen and oxygen atoms in total. The number of ether oxygens (including phenoxy) is 3. The van der Waals surface area contributed by atoms with Gasteiger partial charge in [-0.1, -0.05) is 47.6 Å². The minimum Gasteiger partial charge on any atom is -0.464 e. The Hall–Kier alpha value is -4.17. The molecule has 0 radical (unpaired) electrons. The molecule has 6 bridgehead atoms. The first-order chi connectivity index (χ1) is 27.7. The first-order valence-corrected chi connectivity index (χ1v) is 21.9. The minimum absolute atomic E-state index is 0.169. The number of hydrazine groups is 1. The molecular weight excluding hydrogens is 753 g/mol. The van der Waals surface area contributed by atoms with Crippen LogP contribution in [0.4, 0.5) is 0 Å². The highest BCUT2D eigenvalue weighted by Crippen LogP contribution is 2.46. The maximum Gasteiger partial charge on any atom is 0.324 e. The lowest BCUT2D eigenvalue weighted by molar-refractivity contribution is -0.157. The number of hydrogen-bond acceptors (Lipinski definition) is 10. The third kappa shape index (κ3) is 8.46. The van der Waals surface area contributed by atoms with Crippen LogP contribution in [0, 0.1) is 29.1 Å². The summed E-state index contributed by atoms with van der Waals surface area (Å²) in [5, 5.41) is 8.30. The van der Waals surface area contributed by atoms with Crippen molar-refractivity contribution in [2.75, 3.05) is 26.9 Å². The van der Waals surface area contributed by atoms with Crippen molar-refractivity contribution in [2.45, 2.75) is 112 Å². The Morgan fingerprint density at radius 3 is 2.64 bits per heavy atom. The average molecular weight is 813 g/mol. The van der Waals surface area contributed by atoms with Crippen molar-refractivity contribution in [3.05, 3.63) is 58.2 Å². The molecule has 2 aliphatic heterocycles. The summed E-state index contributed by atoms with van der Waals surface area (Å²) < 4.78 is 20.9. The largest absolute Gasteiger partial charge is 0.464 e. The number of aryl methyl sites for hydroxylation is 1. The van der Waals surface area contributed by atoms with Gasteiger partial charge in [-0.25, -0.2) is 10.4 Å². The molecule has 58 heavy (non-hydrogen) atoms. The Labute approximate surface area is 346 Å². The van der Waals surface area contributed by atoms with Gasteiger partial charge in [-0.15, -0.1) is 11.3 Å². The fourth-order valence-corrected chi connectivity index (χ4v) is 9.49. The fraction of sp³-hybridized carbons (Fsp3) is 0.578. The molecule has 4 aromatic rings. The van der Waals surface area contributed by atoms with E-state index in [0.717, 1.165) is 57.6 Å². The van der Waals surface area contributed by atoms with Gasteiger partial charge < -0.3 is 24.1 Å². The highest BCUT2D eigenvalue weighted by atomic mass is 32.1. The molecule has 0 unspecified atom stereocenters. The number of benzene rings is 1. The van der Waals surface area contributed by atoms with E-state index in [4.69, 9.17) is 24.2 Å². The molecule has 3 aliphatic rings. The molecule has 1 saturated heterocycles. The van der Waals surface area contributed by atoms with E-state index in [-0.39, 0.29) is 42.3 Å². The number of cyclic esters (lactones) is 1. The number of carbonyl (C=O) groups is 3. The van der Waals surface area contributed by atoms with Crippen molar-refractivity contribution in [1.82, 2.24) is 30.3 Å². The van der Waals surface area contributed by atoms with Crippen LogP contribution >= 0.6 is 11.3 Å². The Balaban J connectivity index is 1.40. The summed E-state index contributed by atoms with van der Waals surface area (Å²) in [5.41, 5.74) is 9.52. The van der Waals surface area contributed by atoms with Gasteiger partial charge in [0.15, 0.2) is 0 Å². The molecule has 7 rings (SSSR count). The van der Waals surface area contributed by atoms with Gasteiger partial charge in [0.1, 0.15) is 23.2 Å². The minimum atomic E-state index is -1.07. The van der Waals surface area contributed by atoms with Crippen molar-refractivity contribution in [2.24, 2.45) is 29.1 Å². The van der Waals surface area contributed by atoms with Gasteiger partial charge in [0.2, 0.25) is 5.91 Å². The van der Waals surface area contributed by atoms with Crippen LogP contribution in [0.5, 0.6) is 0 Å². The van der Waals surface area contributed by atoms with Gasteiger partial charge in [-0.3, -0.25) is 24.4 Å². The van der Waals surface area contributed by atoms with Crippen molar-refractivity contribution < 1.29 is 28.6 Å². The zero-order valence-corrected chi connectivity index (χ0v) is 36.3. The van der Waals surface area contributed by atoms with Crippen molar-refractivity contribution >= 4 is 40.0 Å². The predicted octanol–water partition coefficient (Wildman–Crippen LogP) is 7.67. The molecule has 13 heteroatoms. The summed E-state index contributed by atoms with van der Waals surface area (Å²) in [6.07, 6.45) is 3.19. The number of hydrogen-bond donors (Lipinski definition) is 2. The van der Waals surface area contributed by atoms with Crippen LogP contribution in [-0.4, -0.2) is 76.3 Å². The van der Waals surface area contributed by atoms with Crippen LogP contribution in [0.1, 0.15) is 103 Å². The Bertz CT molecular complexity index is 2140. The number of methoxy groups -OCH3 is 1. The summed E-state index contributed by atoms with van der Waals surface area (Å²) >= 11 is 1.43. The van der Waals surface area contributed by atoms with Crippen LogP contribution < -0.4 is 10.7 Å². The third-order valence-electron chi connectivity index (χ3n) is 12.4. The lowest BCUT2D eigenvalue weighted by atomic mass is 9.84. The van der Waals surface area contributed by atoms with Crippen LogP contribution in [0.2, 0.25) is 0 Å². The quantitative estimate of drug-likeness (QED) is 0.155. The molecule has 1 aliphatic carbocycles. The Morgan fingerprint density at radius 1 is 1.16 bits per heavy atom. The van der Waals surface area contributed by atoms with E-state index in [9.17, 15) is 14.4 Å². The topological polar surface area (TPSA) is 137 Å². The van der Waals surface area contributed by atoms with E-state index in [0.29, 0.717) is 43.3 Å². The molecule has 7 atom stereocenters. The van der Waals surface area contributed by atoms with E-state index in [1.165, 1.54) is 16.3 Å². The molecule has 2 amide bonds. The third-order valence-corrected chi connectivity index (χ3v) is 13.3. The number of aromatic nitrogens is 3. The van der Waals surface area contributed by atoms with E-state index in [1.807, 2.05) is 18.4 Å². The molecule has 1 saturated carbocycles. The first kappa shape index (κ1) is 42.0. The molecule has 2 N–H and O–H groups in total. The van der Waals surface area contributed by atoms with Crippen LogP contribution in [-0.2, 0) is 41.6 Å². The van der Waals surface area contributed by atoms with Crippen LogP contribution in [0.25, 0.3) is 33.4 Å². The van der Waals surface area contributed by atoms with E-state index >= 15 is 0 Å². The van der Waals surface area contributed by atoms with Crippen molar-refractivity contribution in [3.63, 3.8) is 0 Å². The fourth-order valence-electron chi connectivity index (χ4n) is 8.58. The second-order valence-corrected chi connectivity index (χ2v) is 18.5. The Morgan fingerprint density at radius 2 is 1.93 bits per heavy atom. The molecule has 3 aromatic heterocycles. The number of amides is 2. The van der Waals surface area contributed by atoms with Crippen LogP contribution in [0.15, 0.2) is 41.9 Å². The number of nitrogens with one attached hydrogen (secondary N) is 2. The highest BCUT2D eigenvalue weighted by molar-refractivity contribution is 7.10. The van der Waals surface area contributed by atoms with E-state index < -0.39 is 29.6 Å². The molecule has 5 heterocycles. The van der Waals surface area contributed by atoms with Crippen molar-refractivity contribution in [3.8, 4) is 22.5 Å². The first-order valence-electron chi connectivity index (χ1n) is 21.0. The number of rotatable bonds is 10. The highest BCUT2D eigenvalue weighted by Gasteiger charge is 2.50. The predicted molar refractivity (Wildman–Crippen MR) is 226 cm³/mol. The monoisotopic (exact) mass is 812 g/mol. The lowest BCUT2D eigenvalue weighted by Gasteiger charge is -2.37. The molecule has 312 valence electrons. The van der Waals surface area contributed by atoms with E-state index in [1.54, 1.807) is 13.3 Å². The van der Waals surface area contributed by atoms with Gasteiger partial charge >= 0.3 is 5.97 Å². The summed E-state index contributed by atoms with van der Waals surface area (Å²) in [6, 6.07) is 8.74. The second-order valence-electron chi connectivity index (χ2n) is 17.7. The lowest BCUT2D eigenvalue weighted by Crippen LogP contribution is -2.61. The number of esters is 1. The molecular formula is C45H60N6O6S. The van der Waals surface area contributed by atoms with E-state index in [2.05, 4.69) is 88.0 Å². The van der Waals surface area contributed by atoms with Gasteiger partial charge in [-0.2, -0.15) is 0 Å². The smallest absolute Gasteiger partial charge is 0.324 e. The summed E-state index contributed by atoms with van der Waals surface area (Å²) in [4.78, 5) is 52.4. The second kappa shape index (κ2) is 17.2. The van der Waals surface area contributed by atoms with Crippen LogP contribution in [0.3, 0.4) is 0 Å². The average Bonchev–Trinajstić information content (AvgIpc) is 3.50. The number of pyridine rings is 1. The van der Waals surface area contributed by atoms with Crippen molar-refractivity contribution in [1.29, 1.82) is 0 Å². The normalized spacial score (nSPS) is 25.4. The molecule has 0 spiro atoms.